The summed E-state index contributed by atoms with van der Waals surface area (Å²) in [6.07, 6.45) is 0.748. The Morgan fingerprint density at radius 3 is 2.81 bits per heavy atom. The van der Waals surface area contributed by atoms with Gasteiger partial charge in [-0.15, -0.1) is 22.7 Å². The molecule has 0 saturated carbocycles. The van der Waals surface area contributed by atoms with Gasteiger partial charge in [-0.3, -0.25) is 4.79 Å². The number of amides is 3. The lowest BCUT2D eigenvalue weighted by atomic mass is 10.2. The average molecular weight is 321 g/mol. The van der Waals surface area contributed by atoms with E-state index >= 15 is 0 Å². The number of nitrogens with zero attached hydrogens (tertiary/aromatic N) is 1. The first-order chi connectivity index (χ1) is 10.1. The van der Waals surface area contributed by atoms with Crippen molar-refractivity contribution in [3.8, 4) is 9.75 Å². The molecule has 3 N–H and O–H groups in total. The number of likely N-dealkylation sites (tertiary alicyclic amines) is 1. The van der Waals surface area contributed by atoms with Gasteiger partial charge in [-0.1, -0.05) is 6.07 Å². The van der Waals surface area contributed by atoms with Crippen molar-refractivity contribution in [2.75, 3.05) is 13.1 Å². The van der Waals surface area contributed by atoms with E-state index in [1.54, 1.807) is 16.2 Å². The van der Waals surface area contributed by atoms with Crippen molar-refractivity contribution in [3.05, 3.63) is 34.5 Å². The second kappa shape index (κ2) is 5.87. The smallest absolute Gasteiger partial charge is 0.314 e. The number of urea groups is 1. The summed E-state index contributed by atoms with van der Waals surface area (Å²) < 4.78 is 0. The topological polar surface area (TPSA) is 75.4 Å². The molecule has 1 fully saturated rings. The molecule has 0 aliphatic carbocycles. The van der Waals surface area contributed by atoms with Gasteiger partial charge in [-0.05, 0) is 30.0 Å². The van der Waals surface area contributed by atoms with Crippen LogP contribution in [0.4, 0.5) is 4.79 Å². The fraction of sp³-hybridized carbons (Fsp3) is 0.286. The molecule has 0 bridgehead atoms. The van der Waals surface area contributed by atoms with Gasteiger partial charge in [0.05, 0.1) is 4.88 Å². The second-order valence-electron chi connectivity index (χ2n) is 4.88. The first-order valence-corrected chi connectivity index (χ1v) is 8.32. The lowest BCUT2D eigenvalue weighted by Gasteiger charge is -2.14. The first kappa shape index (κ1) is 14.1. The van der Waals surface area contributed by atoms with Crippen LogP contribution in [-0.4, -0.2) is 36.0 Å². The normalized spacial score (nSPS) is 17.9. The van der Waals surface area contributed by atoms with Crippen molar-refractivity contribution in [2.24, 2.45) is 5.73 Å². The van der Waals surface area contributed by atoms with E-state index in [1.165, 1.54) is 16.2 Å². The van der Waals surface area contributed by atoms with E-state index in [9.17, 15) is 9.59 Å². The molecule has 2 aromatic heterocycles. The van der Waals surface area contributed by atoms with Crippen LogP contribution in [0.5, 0.6) is 0 Å². The molecular weight excluding hydrogens is 306 g/mol. The molecule has 3 heterocycles. The first-order valence-electron chi connectivity index (χ1n) is 6.62. The summed E-state index contributed by atoms with van der Waals surface area (Å²) in [6.45, 7) is 1.09. The molecule has 3 rings (SSSR count). The number of thiophene rings is 2. The lowest BCUT2D eigenvalue weighted by Crippen LogP contribution is -2.39. The van der Waals surface area contributed by atoms with Crippen molar-refractivity contribution < 1.29 is 9.59 Å². The molecule has 1 atom stereocenters. The molecule has 3 amide bonds. The highest BCUT2D eigenvalue weighted by molar-refractivity contribution is 7.22. The van der Waals surface area contributed by atoms with E-state index in [-0.39, 0.29) is 11.9 Å². The maximum absolute atomic E-state index is 12.2. The third-order valence-corrected chi connectivity index (χ3v) is 5.58. The van der Waals surface area contributed by atoms with E-state index in [0.717, 1.165) is 11.3 Å². The summed E-state index contributed by atoms with van der Waals surface area (Å²) in [5.74, 6) is -0.0841. The number of nitrogens with two attached hydrogens (primary N) is 1. The number of carbonyl (C=O) groups is 2. The third-order valence-electron chi connectivity index (χ3n) is 3.43. The highest BCUT2D eigenvalue weighted by atomic mass is 32.1. The Kier molecular flexibility index (Phi) is 3.94. The molecule has 0 unspecified atom stereocenters. The standard InChI is InChI=1S/C14H15N3O2S2/c15-14(19)17-6-5-9(8-17)16-13(18)12-4-3-11(21-12)10-2-1-7-20-10/h1-4,7,9H,5-6,8H2,(H2,15,19)(H,16,18)/t9-/m0/s1. The van der Waals surface area contributed by atoms with Crippen LogP contribution in [-0.2, 0) is 0 Å². The largest absolute Gasteiger partial charge is 0.351 e. The van der Waals surface area contributed by atoms with Gasteiger partial charge in [0.15, 0.2) is 0 Å². The quantitative estimate of drug-likeness (QED) is 0.910. The predicted molar refractivity (Wildman–Crippen MR) is 84.7 cm³/mol. The summed E-state index contributed by atoms with van der Waals surface area (Å²) in [6, 6.07) is 7.40. The SMILES string of the molecule is NC(=O)N1CC[C@H](NC(=O)c2ccc(-c3cccs3)s2)C1. The van der Waals surface area contributed by atoms with E-state index in [4.69, 9.17) is 5.73 Å². The number of carbonyl (C=O) groups excluding carboxylic acids is 2. The van der Waals surface area contributed by atoms with Gasteiger partial charge < -0.3 is 16.0 Å². The molecule has 2 aromatic rings. The fourth-order valence-electron chi connectivity index (χ4n) is 2.35. The van der Waals surface area contributed by atoms with Crippen LogP contribution in [0.15, 0.2) is 29.6 Å². The summed E-state index contributed by atoms with van der Waals surface area (Å²) in [7, 11) is 0. The highest BCUT2D eigenvalue weighted by Crippen LogP contribution is 2.31. The minimum absolute atomic E-state index is 0.0164. The van der Waals surface area contributed by atoms with Gasteiger partial charge in [-0.25, -0.2) is 4.79 Å². The van der Waals surface area contributed by atoms with E-state index in [0.29, 0.717) is 18.0 Å². The maximum atomic E-state index is 12.2. The Morgan fingerprint density at radius 2 is 2.14 bits per heavy atom. The van der Waals surface area contributed by atoms with Gasteiger partial charge in [0.25, 0.3) is 5.91 Å². The molecule has 21 heavy (non-hydrogen) atoms. The lowest BCUT2D eigenvalue weighted by molar-refractivity contribution is 0.0942. The van der Waals surface area contributed by atoms with Crippen LogP contribution >= 0.6 is 22.7 Å². The van der Waals surface area contributed by atoms with Crippen molar-refractivity contribution in [3.63, 3.8) is 0 Å². The van der Waals surface area contributed by atoms with Gasteiger partial charge >= 0.3 is 6.03 Å². The average Bonchev–Trinajstić information content (AvgIpc) is 3.19. The van der Waals surface area contributed by atoms with Crippen LogP contribution in [0.3, 0.4) is 0 Å². The number of hydrogen-bond acceptors (Lipinski definition) is 4. The van der Waals surface area contributed by atoms with Crippen molar-refractivity contribution >= 4 is 34.6 Å². The molecular formula is C14H15N3O2S2. The van der Waals surface area contributed by atoms with Gasteiger partial charge in [0.1, 0.15) is 0 Å². The van der Waals surface area contributed by atoms with Crippen LogP contribution in [0.2, 0.25) is 0 Å². The Hall–Kier alpha value is -1.86. The molecule has 5 nitrogen and oxygen atoms in total. The maximum Gasteiger partial charge on any atom is 0.314 e. The molecule has 1 aliphatic heterocycles. The molecule has 0 aromatic carbocycles. The minimum atomic E-state index is -0.428. The zero-order valence-corrected chi connectivity index (χ0v) is 12.9. The molecule has 7 heteroatoms. The van der Waals surface area contributed by atoms with Crippen molar-refractivity contribution in [1.82, 2.24) is 10.2 Å². The zero-order valence-electron chi connectivity index (χ0n) is 11.2. The zero-order chi connectivity index (χ0) is 14.8. The Balaban J connectivity index is 1.63. The van der Waals surface area contributed by atoms with Crippen LogP contribution in [0.1, 0.15) is 16.1 Å². The fourth-order valence-corrected chi connectivity index (χ4v) is 4.09. The minimum Gasteiger partial charge on any atom is -0.351 e. The monoisotopic (exact) mass is 321 g/mol. The molecule has 0 radical (unpaired) electrons. The van der Waals surface area contributed by atoms with Gasteiger partial charge in [0, 0.05) is 28.9 Å². The van der Waals surface area contributed by atoms with Gasteiger partial charge in [-0.2, -0.15) is 0 Å². The van der Waals surface area contributed by atoms with Crippen LogP contribution in [0, 0.1) is 0 Å². The van der Waals surface area contributed by atoms with Crippen LogP contribution < -0.4 is 11.1 Å². The Bertz CT molecular complexity index is 651. The van der Waals surface area contributed by atoms with Gasteiger partial charge in [0.2, 0.25) is 0 Å². The molecule has 1 saturated heterocycles. The number of hydrogen-bond donors (Lipinski definition) is 2. The summed E-state index contributed by atoms with van der Waals surface area (Å²) in [5, 5.41) is 4.98. The Morgan fingerprint density at radius 1 is 1.29 bits per heavy atom. The van der Waals surface area contributed by atoms with Crippen LogP contribution in [0.25, 0.3) is 9.75 Å². The molecule has 110 valence electrons. The summed E-state index contributed by atoms with van der Waals surface area (Å²) in [5.41, 5.74) is 5.24. The molecule has 1 aliphatic rings. The number of primary amides is 1. The van der Waals surface area contributed by atoms with E-state index in [2.05, 4.69) is 5.32 Å². The highest BCUT2D eigenvalue weighted by Gasteiger charge is 2.26. The Labute approximate surface area is 130 Å². The molecule has 0 spiro atoms. The van der Waals surface area contributed by atoms with Crippen molar-refractivity contribution in [2.45, 2.75) is 12.5 Å². The number of rotatable bonds is 3. The third kappa shape index (κ3) is 3.08. The summed E-state index contributed by atoms with van der Waals surface area (Å²) >= 11 is 3.14. The summed E-state index contributed by atoms with van der Waals surface area (Å²) in [4.78, 5) is 27.8. The number of nitrogens with one attached hydrogen (secondary N) is 1. The van der Waals surface area contributed by atoms with E-state index in [1.807, 2.05) is 29.6 Å². The van der Waals surface area contributed by atoms with E-state index < -0.39 is 6.03 Å². The van der Waals surface area contributed by atoms with Crippen molar-refractivity contribution in [1.29, 1.82) is 0 Å². The second-order valence-corrected chi connectivity index (χ2v) is 6.92. The predicted octanol–water partition coefficient (Wildman–Crippen LogP) is 2.36.